The number of ether oxygens (including phenoxy) is 2. The van der Waals surface area contributed by atoms with E-state index in [1.54, 1.807) is 0 Å². The van der Waals surface area contributed by atoms with Gasteiger partial charge in [0.1, 0.15) is 13.2 Å². The van der Waals surface area contributed by atoms with Crippen molar-refractivity contribution in [3.05, 3.63) is 23.8 Å². The third kappa shape index (κ3) is 3.01. The van der Waals surface area contributed by atoms with Crippen molar-refractivity contribution in [2.24, 2.45) is 0 Å². The molecule has 104 valence electrons. The molecule has 0 bridgehead atoms. The van der Waals surface area contributed by atoms with Crippen molar-refractivity contribution in [3.8, 4) is 11.5 Å². The summed E-state index contributed by atoms with van der Waals surface area (Å²) in [5.41, 5.74) is 0.703. The predicted octanol–water partition coefficient (Wildman–Crippen LogP) is 1.50. The van der Waals surface area contributed by atoms with Crippen LogP contribution >= 0.6 is 0 Å². The van der Waals surface area contributed by atoms with Gasteiger partial charge in [0, 0.05) is 0 Å². The van der Waals surface area contributed by atoms with Crippen LogP contribution in [-0.4, -0.2) is 37.0 Å². The average Bonchev–Trinajstić information content (AvgIpc) is 2.46. The van der Waals surface area contributed by atoms with Gasteiger partial charge in [-0.1, -0.05) is 6.07 Å². The first-order chi connectivity index (χ1) is 9.25. The quantitative estimate of drug-likeness (QED) is 0.868. The molecule has 19 heavy (non-hydrogen) atoms. The molecule has 2 heterocycles. The smallest absolute Gasteiger partial charge is 0.161 e. The van der Waals surface area contributed by atoms with Crippen molar-refractivity contribution in [3.63, 3.8) is 0 Å². The fourth-order valence-corrected chi connectivity index (χ4v) is 2.76. The van der Waals surface area contributed by atoms with Crippen molar-refractivity contribution >= 4 is 0 Å². The molecular weight excluding hydrogens is 242 g/mol. The molecule has 1 fully saturated rings. The van der Waals surface area contributed by atoms with Gasteiger partial charge in [-0.3, -0.25) is 0 Å². The van der Waals surface area contributed by atoms with Gasteiger partial charge >= 0.3 is 0 Å². The summed E-state index contributed by atoms with van der Waals surface area (Å²) in [7, 11) is 0. The third-order valence-corrected chi connectivity index (χ3v) is 4.02. The summed E-state index contributed by atoms with van der Waals surface area (Å²) in [5.74, 6) is 1.66. The molecule has 2 aliphatic rings. The summed E-state index contributed by atoms with van der Waals surface area (Å²) in [4.78, 5) is 0. The molecule has 4 heteroatoms. The summed E-state index contributed by atoms with van der Waals surface area (Å²) in [6.07, 6.45) is 3.39. The minimum absolute atomic E-state index is 0.501. The van der Waals surface area contributed by atoms with E-state index in [2.05, 4.69) is 11.4 Å². The van der Waals surface area contributed by atoms with Gasteiger partial charge in [0.25, 0.3) is 0 Å². The Hall–Kier alpha value is -1.26. The van der Waals surface area contributed by atoms with Gasteiger partial charge in [-0.05, 0) is 56.5 Å². The molecule has 0 aromatic heterocycles. The molecule has 1 saturated heterocycles. The second kappa shape index (κ2) is 5.39. The molecular formula is C15H21NO3. The van der Waals surface area contributed by atoms with Crippen molar-refractivity contribution in [1.29, 1.82) is 0 Å². The van der Waals surface area contributed by atoms with Gasteiger partial charge < -0.3 is 19.9 Å². The molecule has 4 nitrogen and oxygen atoms in total. The molecule has 0 radical (unpaired) electrons. The number of benzene rings is 1. The van der Waals surface area contributed by atoms with Crippen molar-refractivity contribution in [1.82, 2.24) is 5.32 Å². The number of rotatable bonds is 3. The minimum Gasteiger partial charge on any atom is -0.486 e. The first-order valence-corrected chi connectivity index (χ1v) is 7.07. The van der Waals surface area contributed by atoms with Crippen LogP contribution in [0.2, 0.25) is 0 Å². The highest BCUT2D eigenvalue weighted by Gasteiger charge is 2.28. The fraction of sp³-hybridized carbons (Fsp3) is 0.600. The van der Waals surface area contributed by atoms with E-state index < -0.39 is 5.60 Å². The summed E-state index contributed by atoms with van der Waals surface area (Å²) >= 11 is 0. The standard InChI is InChI=1S/C15H21NO3/c17-15(5-7-16-8-6-15)4-3-12-1-2-13-14(11-12)19-10-9-18-13/h1-2,11,16-17H,3-10H2. The SMILES string of the molecule is OC1(CCc2ccc3c(c2)OCCO3)CCNCC1. The molecule has 0 aliphatic carbocycles. The van der Waals surface area contributed by atoms with Crippen LogP contribution in [0.4, 0.5) is 0 Å². The van der Waals surface area contributed by atoms with Crippen LogP contribution in [0.1, 0.15) is 24.8 Å². The number of hydrogen-bond acceptors (Lipinski definition) is 4. The summed E-state index contributed by atoms with van der Waals surface area (Å²) < 4.78 is 11.1. The van der Waals surface area contributed by atoms with E-state index in [4.69, 9.17) is 9.47 Å². The van der Waals surface area contributed by atoms with Crippen molar-refractivity contribution < 1.29 is 14.6 Å². The third-order valence-electron chi connectivity index (χ3n) is 4.02. The highest BCUT2D eigenvalue weighted by molar-refractivity contribution is 5.43. The second-order valence-electron chi connectivity index (χ2n) is 5.45. The monoisotopic (exact) mass is 263 g/mol. The minimum atomic E-state index is -0.501. The Balaban J connectivity index is 1.63. The molecule has 3 rings (SSSR count). The van der Waals surface area contributed by atoms with E-state index >= 15 is 0 Å². The number of nitrogens with one attached hydrogen (secondary N) is 1. The maximum Gasteiger partial charge on any atom is 0.161 e. The Morgan fingerprint density at radius 1 is 1.11 bits per heavy atom. The van der Waals surface area contributed by atoms with Crippen LogP contribution in [0.5, 0.6) is 11.5 Å². The Morgan fingerprint density at radius 2 is 1.84 bits per heavy atom. The van der Waals surface area contributed by atoms with E-state index in [9.17, 15) is 5.11 Å². The second-order valence-corrected chi connectivity index (χ2v) is 5.45. The first kappa shape index (κ1) is 12.8. The van der Waals surface area contributed by atoms with Crippen molar-refractivity contribution in [2.75, 3.05) is 26.3 Å². The molecule has 0 saturated carbocycles. The molecule has 1 aromatic carbocycles. The lowest BCUT2D eigenvalue weighted by atomic mass is 9.86. The Labute approximate surface area is 113 Å². The number of fused-ring (bicyclic) bond motifs is 1. The molecule has 0 unspecified atom stereocenters. The van der Waals surface area contributed by atoms with E-state index in [-0.39, 0.29) is 0 Å². The lowest BCUT2D eigenvalue weighted by molar-refractivity contribution is 0.00279. The number of aryl methyl sites for hydroxylation is 1. The van der Waals surface area contributed by atoms with Crippen LogP contribution in [0.3, 0.4) is 0 Å². The van der Waals surface area contributed by atoms with Gasteiger partial charge in [-0.2, -0.15) is 0 Å². The van der Waals surface area contributed by atoms with E-state index in [0.717, 1.165) is 50.3 Å². The molecule has 1 aromatic rings. The summed E-state index contributed by atoms with van der Waals surface area (Å²) in [6, 6.07) is 6.08. The normalized spacial score (nSPS) is 21.1. The lowest BCUT2D eigenvalue weighted by Gasteiger charge is -2.32. The van der Waals surface area contributed by atoms with Crippen LogP contribution in [0.25, 0.3) is 0 Å². The van der Waals surface area contributed by atoms with Crippen molar-refractivity contribution in [2.45, 2.75) is 31.3 Å². The highest BCUT2D eigenvalue weighted by Crippen LogP contribution is 2.32. The van der Waals surface area contributed by atoms with E-state index in [1.807, 2.05) is 12.1 Å². The van der Waals surface area contributed by atoms with Crippen LogP contribution < -0.4 is 14.8 Å². The van der Waals surface area contributed by atoms with Crippen LogP contribution in [-0.2, 0) is 6.42 Å². The lowest BCUT2D eigenvalue weighted by Crippen LogP contribution is -2.42. The zero-order valence-electron chi connectivity index (χ0n) is 11.2. The van der Waals surface area contributed by atoms with Gasteiger partial charge in [-0.25, -0.2) is 0 Å². The van der Waals surface area contributed by atoms with E-state index in [0.29, 0.717) is 13.2 Å². The summed E-state index contributed by atoms with van der Waals surface area (Å²) in [5, 5.41) is 13.8. The number of hydrogen-bond donors (Lipinski definition) is 2. The first-order valence-electron chi connectivity index (χ1n) is 7.07. The topological polar surface area (TPSA) is 50.7 Å². The molecule has 0 spiro atoms. The molecule has 0 amide bonds. The van der Waals surface area contributed by atoms with Gasteiger partial charge in [0.15, 0.2) is 11.5 Å². The highest BCUT2D eigenvalue weighted by atomic mass is 16.6. The van der Waals surface area contributed by atoms with Gasteiger partial charge in [0.2, 0.25) is 0 Å². The molecule has 2 aliphatic heterocycles. The number of aliphatic hydroxyl groups is 1. The fourth-order valence-electron chi connectivity index (χ4n) is 2.76. The van der Waals surface area contributed by atoms with Crippen LogP contribution in [0, 0.1) is 0 Å². The Morgan fingerprint density at radius 3 is 2.63 bits per heavy atom. The molecule has 2 N–H and O–H groups in total. The largest absolute Gasteiger partial charge is 0.486 e. The number of piperidine rings is 1. The van der Waals surface area contributed by atoms with Gasteiger partial charge in [-0.15, -0.1) is 0 Å². The maximum atomic E-state index is 10.5. The zero-order valence-corrected chi connectivity index (χ0v) is 11.2. The molecule has 0 atom stereocenters. The Bertz CT molecular complexity index is 441. The van der Waals surface area contributed by atoms with Crippen LogP contribution in [0.15, 0.2) is 18.2 Å². The van der Waals surface area contributed by atoms with E-state index in [1.165, 1.54) is 5.56 Å². The zero-order chi connectivity index (χ0) is 13.1. The average molecular weight is 263 g/mol. The summed E-state index contributed by atoms with van der Waals surface area (Å²) in [6.45, 7) is 3.07. The predicted molar refractivity (Wildman–Crippen MR) is 72.8 cm³/mol. The Kier molecular flexibility index (Phi) is 3.62. The van der Waals surface area contributed by atoms with Gasteiger partial charge in [0.05, 0.1) is 5.60 Å². The maximum absolute atomic E-state index is 10.5.